The lowest BCUT2D eigenvalue weighted by molar-refractivity contribution is 0.408. The fraction of sp³-hybridized carbons (Fsp3) is 0.333. The van der Waals surface area contributed by atoms with Gasteiger partial charge in [0.25, 0.3) is 0 Å². The van der Waals surface area contributed by atoms with Crippen LogP contribution in [0, 0.1) is 20.8 Å². The SMILES string of the molecule is CNc1cccc(Cc2cc(C)c(OC)c(C)c2C)c1. The zero-order valence-electron chi connectivity index (χ0n) is 13.0. The normalized spacial score (nSPS) is 10.4. The van der Waals surface area contributed by atoms with E-state index in [0.717, 1.165) is 17.9 Å². The molecule has 0 aliphatic heterocycles. The third-order valence-electron chi connectivity index (χ3n) is 3.95. The number of hydrogen-bond donors (Lipinski definition) is 1. The lowest BCUT2D eigenvalue weighted by Crippen LogP contribution is -2.00. The fourth-order valence-corrected chi connectivity index (χ4v) is 2.70. The zero-order chi connectivity index (χ0) is 14.7. The maximum Gasteiger partial charge on any atom is 0.124 e. The van der Waals surface area contributed by atoms with Crippen LogP contribution in [0.1, 0.15) is 27.8 Å². The molecule has 0 bridgehead atoms. The number of nitrogens with one attached hydrogen (secondary N) is 1. The number of methoxy groups -OCH3 is 1. The molecule has 0 saturated carbocycles. The fourth-order valence-electron chi connectivity index (χ4n) is 2.70. The van der Waals surface area contributed by atoms with E-state index < -0.39 is 0 Å². The Morgan fingerprint density at radius 3 is 2.45 bits per heavy atom. The van der Waals surface area contributed by atoms with Gasteiger partial charge in [-0.05, 0) is 67.1 Å². The number of aryl methyl sites for hydroxylation is 1. The van der Waals surface area contributed by atoms with E-state index in [1.54, 1.807) is 7.11 Å². The molecule has 0 aromatic heterocycles. The van der Waals surface area contributed by atoms with Gasteiger partial charge in [0.05, 0.1) is 7.11 Å². The summed E-state index contributed by atoms with van der Waals surface area (Å²) in [4.78, 5) is 0. The van der Waals surface area contributed by atoms with Crippen LogP contribution in [0.3, 0.4) is 0 Å². The first-order valence-electron chi connectivity index (χ1n) is 6.97. The monoisotopic (exact) mass is 269 g/mol. The van der Waals surface area contributed by atoms with Crippen molar-refractivity contribution in [1.29, 1.82) is 0 Å². The number of ether oxygens (including phenoxy) is 1. The summed E-state index contributed by atoms with van der Waals surface area (Å²) in [7, 11) is 3.69. The van der Waals surface area contributed by atoms with Crippen molar-refractivity contribution < 1.29 is 4.74 Å². The second-order valence-electron chi connectivity index (χ2n) is 5.26. The Balaban J connectivity index is 2.38. The molecule has 0 heterocycles. The van der Waals surface area contributed by atoms with Crippen molar-refractivity contribution in [3.05, 3.63) is 58.1 Å². The Bertz CT molecular complexity index is 617. The Kier molecular flexibility index (Phi) is 4.33. The molecule has 0 radical (unpaired) electrons. The van der Waals surface area contributed by atoms with Gasteiger partial charge in [0.15, 0.2) is 0 Å². The van der Waals surface area contributed by atoms with Crippen molar-refractivity contribution in [2.75, 3.05) is 19.5 Å². The summed E-state index contributed by atoms with van der Waals surface area (Å²) in [5.41, 5.74) is 7.62. The highest BCUT2D eigenvalue weighted by Gasteiger charge is 2.11. The molecule has 0 aliphatic rings. The van der Waals surface area contributed by atoms with E-state index in [1.165, 1.54) is 27.8 Å². The summed E-state index contributed by atoms with van der Waals surface area (Å²) in [5.74, 6) is 1.01. The van der Waals surface area contributed by atoms with Crippen LogP contribution in [0.25, 0.3) is 0 Å². The Morgan fingerprint density at radius 1 is 1.05 bits per heavy atom. The summed E-state index contributed by atoms with van der Waals surface area (Å²) in [5, 5.41) is 3.19. The maximum absolute atomic E-state index is 5.49. The second-order valence-corrected chi connectivity index (χ2v) is 5.26. The summed E-state index contributed by atoms with van der Waals surface area (Å²) in [6.45, 7) is 6.42. The van der Waals surface area contributed by atoms with Gasteiger partial charge in [-0.2, -0.15) is 0 Å². The van der Waals surface area contributed by atoms with Crippen molar-refractivity contribution in [3.8, 4) is 5.75 Å². The first-order valence-corrected chi connectivity index (χ1v) is 6.97. The minimum Gasteiger partial charge on any atom is -0.496 e. The molecule has 2 heteroatoms. The lowest BCUT2D eigenvalue weighted by atomic mass is 9.94. The zero-order valence-corrected chi connectivity index (χ0v) is 13.0. The van der Waals surface area contributed by atoms with E-state index >= 15 is 0 Å². The van der Waals surface area contributed by atoms with E-state index in [9.17, 15) is 0 Å². The van der Waals surface area contributed by atoms with Crippen LogP contribution in [0.2, 0.25) is 0 Å². The van der Waals surface area contributed by atoms with Gasteiger partial charge in [-0.15, -0.1) is 0 Å². The first kappa shape index (κ1) is 14.4. The Hall–Kier alpha value is -1.96. The summed E-state index contributed by atoms with van der Waals surface area (Å²) in [6.07, 6.45) is 0.951. The minimum absolute atomic E-state index is 0.951. The van der Waals surface area contributed by atoms with E-state index in [2.05, 4.69) is 56.4 Å². The first-order chi connectivity index (χ1) is 9.56. The largest absolute Gasteiger partial charge is 0.496 e. The van der Waals surface area contributed by atoms with E-state index in [0.29, 0.717) is 0 Å². The molecule has 0 atom stereocenters. The van der Waals surface area contributed by atoms with Gasteiger partial charge in [-0.25, -0.2) is 0 Å². The summed E-state index contributed by atoms with van der Waals surface area (Å²) < 4.78 is 5.49. The van der Waals surface area contributed by atoms with E-state index in [1.807, 2.05) is 7.05 Å². The molecule has 2 aromatic rings. The second kappa shape index (κ2) is 6.00. The van der Waals surface area contributed by atoms with Gasteiger partial charge in [-0.1, -0.05) is 18.2 Å². The molecule has 0 aliphatic carbocycles. The van der Waals surface area contributed by atoms with Gasteiger partial charge in [0.2, 0.25) is 0 Å². The van der Waals surface area contributed by atoms with Crippen molar-refractivity contribution in [1.82, 2.24) is 0 Å². The molecule has 106 valence electrons. The van der Waals surface area contributed by atoms with Crippen LogP contribution >= 0.6 is 0 Å². The van der Waals surface area contributed by atoms with Crippen LogP contribution in [0.15, 0.2) is 30.3 Å². The number of anilines is 1. The van der Waals surface area contributed by atoms with Gasteiger partial charge in [-0.3, -0.25) is 0 Å². The third-order valence-corrected chi connectivity index (χ3v) is 3.95. The van der Waals surface area contributed by atoms with Crippen molar-refractivity contribution in [3.63, 3.8) is 0 Å². The molecule has 2 nitrogen and oxygen atoms in total. The molecule has 0 spiro atoms. The standard InChI is InChI=1S/C18H23NO/c1-12-9-16(13(2)14(3)18(12)20-5)10-15-7-6-8-17(11-15)19-4/h6-9,11,19H,10H2,1-5H3. The molecule has 1 N–H and O–H groups in total. The topological polar surface area (TPSA) is 21.3 Å². The number of rotatable bonds is 4. The molecule has 0 amide bonds. The molecule has 0 fully saturated rings. The minimum atomic E-state index is 0.951. The predicted octanol–water partition coefficient (Wildman–Crippen LogP) is 4.25. The molecule has 2 rings (SSSR count). The van der Waals surface area contributed by atoms with Gasteiger partial charge >= 0.3 is 0 Å². The van der Waals surface area contributed by atoms with Crippen LogP contribution in [0.5, 0.6) is 5.75 Å². The molecule has 20 heavy (non-hydrogen) atoms. The number of hydrogen-bond acceptors (Lipinski definition) is 2. The van der Waals surface area contributed by atoms with Crippen LogP contribution in [0.4, 0.5) is 5.69 Å². The van der Waals surface area contributed by atoms with Gasteiger partial charge < -0.3 is 10.1 Å². The molecule has 2 aromatic carbocycles. The van der Waals surface area contributed by atoms with E-state index in [-0.39, 0.29) is 0 Å². The molecule has 0 saturated heterocycles. The third kappa shape index (κ3) is 2.79. The highest BCUT2D eigenvalue weighted by molar-refractivity contribution is 5.51. The van der Waals surface area contributed by atoms with Gasteiger partial charge in [0, 0.05) is 12.7 Å². The van der Waals surface area contributed by atoms with Gasteiger partial charge in [0.1, 0.15) is 5.75 Å². The molecule has 0 unspecified atom stereocenters. The quantitative estimate of drug-likeness (QED) is 0.895. The van der Waals surface area contributed by atoms with Crippen LogP contribution in [-0.4, -0.2) is 14.2 Å². The van der Waals surface area contributed by atoms with Crippen LogP contribution < -0.4 is 10.1 Å². The number of benzene rings is 2. The van der Waals surface area contributed by atoms with E-state index in [4.69, 9.17) is 4.74 Å². The Labute approximate surface area is 121 Å². The van der Waals surface area contributed by atoms with Crippen molar-refractivity contribution in [2.24, 2.45) is 0 Å². The summed E-state index contributed by atoms with van der Waals surface area (Å²) in [6, 6.07) is 10.8. The average molecular weight is 269 g/mol. The highest BCUT2D eigenvalue weighted by atomic mass is 16.5. The smallest absolute Gasteiger partial charge is 0.124 e. The Morgan fingerprint density at radius 2 is 1.80 bits per heavy atom. The predicted molar refractivity (Wildman–Crippen MR) is 86.0 cm³/mol. The average Bonchev–Trinajstić information content (AvgIpc) is 2.45. The summed E-state index contributed by atoms with van der Waals surface area (Å²) >= 11 is 0. The van der Waals surface area contributed by atoms with Crippen molar-refractivity contribution >= 4 is 5.69 Å². The molecular weight excluding hydrogens is 246 g/mol. The molecular formula is C18H23NO. The maximum atomic E-state index is 5.49. The van der Waals surface area contributed by atoms with Crippen LogP contribution in [-0.2, 0) is 6.42 Å². The highest BCUT2D eigenvalue weighted by Crippen LogP contribution is 2.30. The van der Waals surface area contributed by atoms with Crippen molar-refractivity contribution in [2.45, 2.75) is 27.2 Å². The lowest BCUT2D eigenvalue weighted by Gasteiger charge is -2.16.